The highest BCUT2D eigenvalue weighted by molar-refractivity contribution is 6.00. The van der Waals surface area contributed by atoms with Crippen LogP contribution in [0.1, 0.15) is 22.8 Å². The van der Waals surface area contributed by atoms with Gasteiger partial charge in [0.25, 0.3) is 0 Å². The van der Waals surface area contributed by atoms with Crippen LogP contribution >= 0.6 is 0 Å². The van der Waals surface area contributed by atoms with E-state index in [1.165, 1.54) is 6.07 Å². The van der Waals surface area contributed by atoms with Crippen molar-refractivity contribution in [2.24, 2.45) is 0 Å². The number of hydrogen-bond donors (Lipinski definition) is 0. The zero-order valence-corrected chi connectivity index (χ0v) is 11.8. The number of halogens is 1. The Balaban J connectivity index is 2.21. The van der Waals surface area contributed by atoms with Crippen LogP contribution in [0.5, 0.6) is 0 Å². The summed E-state index contributed by atoms with van der Waals surface area (Å²) in [5, 5.41) is 0. The highest BCUT2D eigenvalue weighted by Gasteiger charge is 2.15. The van der Waals surface area contributed by atoms with Gasteiger partial charge in [0, 0.05) is 12.1 Å². The van der Waals surface area contributed by atoms with Crippen LogP contribution in [0.4, 0.5) is 10.1 Å². The van der Waals surface area contributed by atoms with E-state index in [-0.39, 0.29) is 18.1 Å². The first-order chi connectivity index (χ1) is 9.63. The summed E-state index contributed by atoms with van der Waals surface area (Å²) in [5.74, 6) is -0.292. The van der Waals surface area contributed by atoms with Crippen molar-refractivity contribution in [3.05, 3.63) is 65.5 Å². The Labute approximate surface area is 118 Å². The van der Waals surface area contributed by atoms with Crippen LogP contribution in [0.25, 0.3) is 0 Å². The first-order valence-electron chi connectivity index (χ1n) is 6.71. The van der Waals surface area contributed by atoms with Crippen LogP contribution in [-0.4, -0.2) is 18.9 Å². The van der Waals surface area contributed by atoms with Crippen LogP contribution in [0, 0.1) is 12.7 Å². The van der Waals surface area contributed by atoms with Gasteiger partial charge in [-0.3, -0.25) is 4.79 Å². The average Bonchev–Trinajstić information content (AvgIpc) is 2.46. The second kappa shape index (κ2) is 6.33. The number of hydrogen-bond acceptors (Lipinski definition) is 2. The fraction of sp³-hybridized carbons (Fsp3) is 0.235. The molecule has 3 heteroatoms. The van der Waals surface area contributed by atoms with Crippen LogP contribution in [0.15, 0.2) is 48.5 Å². The van der Waals surface area contributed by atoms with E-state index in [0.29, 0.717) is 17.8 Å². The van der Waals surface area contributed by atoms with E-state index < -0.39 is 0 Å². The van der Waals surface area contributed by atoms with Crippen molar-refractivity contribution >= 4 is 11.5 Å². The number of rotatable bonds is 5. The standard InChI is InChI=1S/C17H18FNO/c1-3-19(16-11-7-6-10-15(16)18)12-17(20)14-9-5-4-8-13(14)2/h4-11H,3,12H2,1-2H3. The molecule has 0 amide bonds. The summed E-state index contributed by atoms with van der Waals surface area (Å²) in [6, 6.07) is 14.0. The number of anilines is 1. The third-order valence-corrected chi connectivity index (χ3v) is 3.35. The molecular formula is C17H18FNO. The number of benzene rings is 2. The minimum atomic E-state index is -0.299. The fourth-order valence-electron chi connectivity index (χ4n) is 2.22. The molecule has 0 atom stereocenters. The largest absolute Gasteiger partial charge is 0.362 e. The summed E-state index contributed by atoms with van der Waals surface area (Å²) in [6.07, 6.45) is 0. The summed E-state index contributed by atoms with van der Waals surface area (Å²) in [4.78, 5) is 14.1. The van der Waals surface area contributed by atoms with E-state index in [2.05, 4.69) is 0 Å². The Bertz CT molecular complexity index is 609. The van der Waals surface area contributed by atoms with Crippen molar-refractivity contribution in [1.29, 1.82) is 0 Å². The molecule has 0 N–H and O–H groups in total. The molecule has 0 saturated heterocycles. The highest BCUT2D eigenvalue weighted by Crippen LogP contribution is 2.19. The number of aryl methyl sites for hydroxylation is 1. The lowest BCUT2D eigenvalue weighted by Crippen LogP contribution is -2.30. The molecule has 0 aliphatic carbocycles. The van der Waals surface area contributed by atoms with Gasteiger partial charge in [-0.15, -0.1) is 0 Å². The van der Waals surface area contributed by atoms with E-state index in [0.717, 1.165) is 5.56 Å². The monoisotopic (exact) mass is 271 g/mol. The summed E-state index contributed by atoms with van der Waals surface area (Å²) >= 11 is 0. The first kappa shape index (κ1) is 14.3. The molecule has 2 aromatic carbocycles. The van der Waals surface area contributed by atoms with E-state index in [4.69, 9.17) is 0 Å². The maximum Gasteiger partial charge on any atom is 0.182 e. The molecule has 0 aliphatic rings. The Kier molecular flexibility index (Phi) is 4.51. The Morgan fingerprint density at radius 2 is 1.75 bits per heavy atom. The fourth-order valence-corrected chi connectivity index (χ4v) is 2.22. The summed E-state index contributed by atoms with van der Waals surface area (Å²) in [5.41, 5.74) is 2.11. The molecule has 0 aromatic heterocycles. The van der Waals surface area contributed by atoms with Gasteiger partial charge in [-0.05, 0) is 31.5 Å². The highest BCUT2D eigenvalue weighted by atomic mass is 19.1. The zero-order chi connectivity index (χ0) is 14.5. The quantitative estimate of drug-likeness (QED) is 0.770. The minimum Gasteiger partial charge on any atom is -0.362 e. The van der Waals surface area contributed by atoms with Crippen molar-refractivity contribution in [3.8, 4) is 0 Å². The minimum absolute atomic E-state index is 0.00760. The predicted molar refractivity (Wildman–Crippen MR) is 79.8 cm³/mol. The smallest absolute Gasteiger partial charge is 0.182 e. The van der Waals surface area contributed by atoms with Gasteiger partial charge >= 0.3 is 0 Å². The molecule has 0 saturated carbocycles. The molecule has 0 radical (unpaired) electrons. The normalized spacial score (nSPS) is 10.3. The summed E-state index contributed by atoms with van der Waals surface area (Å²) in [6.45, 7) is 4.59. The number of ketones is 1. The topological polar surface area (TPSA) is 20.3 Å². The first-order valence-corrected chi connectivity index (χ1v) is 6.71. The van der Waals surface area contributed by atoms with E-state index in [9.17, 15) is 9.18 Å². The summed E-state index contributed by atoms with van der Waals surface area (Å²) < 4.78 is 13.8. The second-order valence-corrected chi connectivity index (χ2v) is 4.70. The van der Waals surface area contributed by atoms with Crippen molar-refractivity contribution in [2.45, 2.75) is 13.8 Å². The molecule has 0 spiro atoms. The molecule has 0 fully saturated rings. The van der Waals surface area contributed by atoms with E-state index in [1.54, 1.807) is 23.1 Å². The van der Waals surface area contributed by atoms with E-state index >= 15 is 0 Å². The number of nitrogens with zero attached hydrogens (tertiary/aromatic N) is 1. The van der Waals surface area contributed by atoms with Gasteiger partial charge in [0.15, 0.2) is 5.78 Å². The Hall–Kier alpha value is -2.16. The van der Waals surface area contributed by atoms with Gasteiger partial charge in [-0.25, -0.2) is 4.39 Å². The Morgan fingerprint density at radius 3 is 2.40 bits per heavy atom. The van der Waals surface area contributed by atoms with Crippen molar-refractivity contribution in [2.75, 3.05) is 18.0 Å². The van der Waals surface area contributed by atoms with E-state index in [1.807, 2.05) is 38.1 Å². The molecule has 0 aliphatic heterocycles. The van der Waals surface area contributed by atoms with Crippen LogP contribution in [-0.2, 0) is 0 Å². The number of para-hydroxylation sites is 1. The molecule has 2 aromatic rings. The zero-order valence-electron chi connectivity index (χ0n) is 11.8. The van der Waals surface area contributed by atoms with Crippen LogP contribution in [0.3, 0.4) is 0 Å². The van der Waals surface area contributed by atoms with Crippen LogP contribution < -0.4 is 4.90 Å². The van der Waals surface area contributed by atoms with Crippen molar-refractivity contribution in [3.63, 3.8) is 0 Å². The molecule has 104 valence electrons. The lowest BCUT2D eigenvalue weighted by atomic mass is 10.0. The number of carbonyl (C=O) groups excluding carboxylic acids is 1. The van der Waals surface area contributed by atoms with Gasteiger partial charge in [0.05, 0.1) is 12.2 Å². The van der Waals surface area contributed by atoms with Gasteiger partial charge < -0.3 is 4.90 Å². The van der Waals surface area contributed by atoms with Gasteiger partial charge in [0.1, 0.15) is 5.82 Å². The molecule has 20 heavy (non-hydrogen) atoms. The van der Waals surface area contributed by atoms with Gasteiger partial charge in [-0.1, -0.05) is 36.4 Å². The lowest BCUT2D eigenvalue weighted by molar-refractivity contribution is 0.0998. The molecule has 2 rings (SSSR count). The molecule has 0 bridgehead atoms. The third kappa shape index (κ3) is 3.05. The van der Waals surface area contributed by atoms with Crippen LogP contribution in [0.2, 0.25) is 0 Å². The van der Waals surface area contributed by atoms with Crippen molar-refractivity contribution in [1.82, 2.24) is 0 Å². The maximum atomic E-state index is 13.8. The number of Topliss-reactive ketones (excluding diaryl/α,β-unsaturated/α-hetero) is 1. The number of likely N-dealkylation sites (N-methyl/N-ethyl adjacent to an activating group) is 1. The maximum absolute atomic E-state index is 13.8. The van der Waals surface area contributed by atoms with Gasteiger partial charge in [0.2, 0.25) is 0 Å². The number of carbonyl (C=O) groups is 1. The SMILES string of the molecule is CCN(CC(=O)c1ccccc1C)c1ccccc1F. The second-order valence-electron chi connectivity index (χ2n) is 4.70. The Morgan fingerprint density at radius 1 is 1.10 bits per heavy atom. The molecule has 0 unspecified atom stereocenters. The lowest BCUT2D eigenvalue weighted by Gasteiger charge is -2.23. The predicted octanol–water partition coefficient (Wildman–Crippen LogP) is 3.84. The molecule has 2 nitrogen and oxygen atoms in total. The average molecular weight is 271 g/mol. The van der Waals surface area contributed by atoms with Gasteiger partial charge in [-0.2, -0.15) is 0 Å². The molecular weight excluding hydrogens is 253 g/mol. The van der Waals surface area contributed by atoms with Crippen molar-refractivity contribution < 1.29 is 9.18 Å². The third-order valence-electron chi connectivity index (χ3n) is 3.35. The molecule has 0 heterocycles. The summed E-state index contributed by atoms with van der Waals surface area (Å²) in [7, 11) is 0.